The van der Waals surface area contributed by atoms with E-state index in [1.807, 2.05) is 49.4 Å². The highest BCUT2D eigenvalue weighted by Gasteiger charge is 2.21. The Bertz CT molecular complexity index is 1170. The van der Waals surface area contributed by atoms with E-state index in [0.29, 0.717) is 11.1 Å². The van der Waals surface area contributed by atoms with Crippen molar-refractivity contribution in [2.75, 3.05) is 5.73 Å². The maximum Gasteiger partial charge on any atom is 0.309 e. The molecule has 0 aliphatic carbocycles. The zero-order valence-corrected chi connectivity index (χ0v) is 15.1. The summed E-state index contributed by atoms with van der Waals surface area (Å²) in [5, 5.41) is 4.54. The molecule has 0 unspecified atom stereocenters. The number of carbonyl (C=O) groups is 1. The molecule has 4 rings (SSSR count). The predicted molar refractivity (Wildman–Crippen MR) is 108 cm³/mol. The molecular weight excluding hydrogens is 354 g/mol. The Labute approximate surface area is 160 Å². The lowest BCUT2D eigenvalue weighted by atomic mass is 10.1. The van der Waals surface area contributed by atoms with Crippen molar-refractivity contribution in [2.45, 2.75) is 6.92 Å². The van der Waals surface area contributed by atoms with Crippen LogP contribution in [0.2, 0.25) is 0 Å². The van der Waals surface area contributed by atoms with Gasteiger partial charge in [-0.05, 0) is 24.6 Å². The second kappa shape index (κ2) is 7.32. The van der Waals surface area contributed by atoms with Gasteiger partial charge in [0.15, 0.2) is 0 Å². The third-order valence-corrected chi connectivity index (χ3v) is 4.24. The minimum absolute atomic E-state index is 0.0147. The number of anilines is 1. The topological polar surface area (TPSA) is 106 Å². The number of hydrogen-bond acceptors (Lipinski definition) is 6. The average Bonchev–Trinajstić information content (AvgIpc) is 3.06. The van der Waals surface area contributed by atoms with Gasteiger partial charge in [0, 0.05) is 23.5 Å². The molecule has 0 saturated heterocycles. The largest absolute Gasteiger partial charge is 0.430 e. The number of rotatable bonds is 4. The van der Waals surface area contributed by atoms with Gasteiger partial charge < -0.3 is 10.2 Å². The number of pyridine rings is 2. The van der Waals surface area contributed by atoms with Crippen molar-refractivity contribution in [2.24, 2.45) is 5.10 Å². The van der Waals surface area contributed by atoms with Gasteiger partial charge in [0.05, 0.1) is 23.0 Å². The van der Waals surface area contributed by atoms with Crippen LogP contribution in [0.4, 0.5) is 5.69 Å². The van der Waals surface area contributed by atoms with Gasteiger partial charge in [-0.15, -0.1) is 0 Å². The van der Waals surface area contributed by atoms with Crippen molar-refractivity contribution in [3.63, 3.8) is 0 Å². The summed E-state index contributed by atoms with van der Waals surface area (Å²) in [6.07, 6.45) is 4.77. The molecule has 0 fully saturated rings. The van der Waals surface area contributed by atoms with Crippen molar-refractivity contribution in [3.05, 3.63) is 77.8 Å². The molecule has 7 heteroatoms. The lowest BCUT2D eigenvalue weighted by molar-refractivity contribution is 0.0930. The van der Waals surface area contributed by atoms with Crippen LogP contribution in [0.3, 0.4) is 0 Å². The lowest BCUT2D eigenvalue weighted by Gasteiger charge is -2.03. The van der Waals surface area contributed by atoms with E-state index in [-0.39, 0.29) is 11.4 Å². The van der Waals surface area contributed by atoms with Gasteiger partial charge >= 0.3 is 5.91 Å². The second-order valence-electron chi connectivity index (χ2n) is 6.20. The van der Waals surface area contributed by atoms with Crippen LogP contribution in [0.5, 0.6) is 0 Å². The number of furan rings is 1. The molecule has 3 heterocycles. The highest BCUT2D eigenvalue weighted by atomic mass is 16.4. The third-order valence-electron chi connectivity index (χ3n) is 4.24. The minimum atomic E-state index is -0.545. The molecule has 0 bridgehead atoms. The van der Waals surface area contributed by atoms with E-state index < -0.39 is 5.91 Å². The number of aryl methyl sites for hydroxylation is 1. The molecular formula is C21H17N5O2. The van der Waals surface area contributed by atoms with E-state index in [4.69, 9.17) is 10.2 Å². The van der Waals surface area contributed by atoms with Crippen LogP contribution < -0.4 is 11.2 Å². The molecule has 138 valence electrons. The zero-order chi connectivity index (χ0) is 19.5. The maximum atomic E-state index is 12.4. The van der Waals surface area contributed by atoms with Crippen LogP contribution in [0.1, 0.15) is 21.7 Å². The molecule has 0 aliphatic rings. The van der Waals surface area contributed by atoms with Crippen LogP contribution in [0.15, 0.2) is 70.4 Å². The molecule has 7 nitrogen and oxygen atoms in total. The number of nitrogens with zero attached hydrogens (tertiary/aromatic N) is 3. The molecule has 1 amide bonds. The fraction of sp³-hybridized carbons (Fsp3) is 0.0476. The van der Waals surface area contributed by atoms with E-state index >= 15 is 0 Å². The summed E-state index contributed by atoms with van der Waals surface area (Å²) >= 11 is 0. The first-order chi connectivity index (χ1) is 13.6. The summed E-state index contributed by atoms with van der Waals surface area (Å²) in [5.41, 5.74) is 12.5. The van der Waals surface area contributed by atoms with Crippen LogP contribution in [-0.2, 0) is 0 Å². The minimum Gasteiger partial charge on any atom is -0.430 e. The number of carbonyl (C=O) groups excluding carboxylic acids is 1. The lowest BCUT2D eigenvalue weighted by Crippen LogP contribution is -2.18. The SMILES string of the molecule is Cc1cc(-c2ccccc2)nc2oc(C(=O)NN=Cc3cccnc3)c(N)c12. The Morgan fingerprint density at radius 2 is 2.04 bits per heavy atom. The summed E-state index contributed by atoms with van der Waals surface area (Å²) in [6, 6.07) is 15.2. The summed E-state index contributed by atoms with van der Waals surface area (Å²) < 4.78 is 5.67. The van der Waals surface area contributed by atoms with Gasteiger partial charge in [-0.2, -0.15) is 5.10 Å². The van der Waals surface area contributed by atoms with Crippen LogP contribution in [-0.4, -0.2) is 22.1 Å². The summed E-state index contributed by atoms with van der Waals surface area (Å²) in [7, 11) is 0. The molecule has 3 N–H and O–H groups in total. The number of aromatic nitrogens is 2. The van der Waals surface area contributed by atoms with Gasteiger partial charge in [-0.1, -0.05) is 36.4 Å². The summed E-state index contributed by atoms with van der Waals surface area (Å²) in [6.45, 7) is 1.91. The number of nitrogen functional groups attached to an aromatic ring is 1. The molecule has 0 atom stereocenters. The number of benzene rings is 1. The number of fused-ring (bicyclic) bond motifs is 1. The van der Waals surface area contributed by atoms with Crippen molar-refractivity contribution < 1.29 is 9.21 Å². The number of nitrogens with one attached hydrogen (secondary N) is 1. The van der Waals surface area contributed by atoms with Crippen LogP contribution in [0, 0.1) is 6.92 Å². The maximum absolute atomic E-state index is 12.4. The highest BCUT2D eigenvalue weighted by molar-refractivity contribution is 6.06. The van der Waals surface area contributed by atoms with E-state index in [2.05, 4.69) is 20.5 Å². The van der Waals surface area contributed by atoms with Gasteiger partial charge in [0.1, 0.15) is 0 Å². The first-order valence-corrected chi connectivity index (χ1v) is 8.62. The fourth-order valence-electron chi connectivity index (χ4n) is 2.90. The molecule has 0 aliphatic heterocycles. The Hall–Kier alpha value is -4.00. The number of hydrazone groups is 1. The summed E-state index contributed by atoms with van der Waals surface area (Å²) in [4.78, 5) is 20.9. The van der Waals surface area contributed by atoms with Crippen LogP contribution >= 0.6 is 0 Å². The molecule has 4 aromatic rings. The fourth-order valence-corrected chi connectivity index (χ4v) is 2.90. The zero-order valence-electron chi connectivity index (χ0n) is 15.1. The standard InChI is InChI=1S/C21H17N5O2/c1-13-10-16(15-7-3-2-4-8-15)25-21-17(13)18(22)19(28-21)20(27)26-24-12-14-6-5-9-23-11-14/h2-12H,22H2,1H3,(H,26,27). The highest BCUT2D eigenvalue weighted by Crippen LogP contribution is 2.32. The van der Waals surface area contributed by atoms with Gasteiger partial charge in [0.25, 0.3) is 0 Å². The van der Waals surface area contributed by atoms with Gasteiger partial charge in [-0.25, -0.2) is 10.4 Å². The molecule has 0 saturated carbocycles. The molecule has 0 radical (unpaired) electrons. The normalized spacial score (nSPS) is 11.2. The molecule has 0 spiro atoms. The summed E-state index contributed by atoms with van der Waals surface area (Å²) in [5.74, 6) is -0.560. The quantitative estimate of drug-likeness (QED) is 0.421. The van der Waals surface area contributed by atoms with Crippen molar-refractivity contribution in [3.8, 4) is 11.3 Å². The number of nitrogens with two attached hydrogens (primary N) is 1. The first kappa shape index (κ1) is 17.4. The van der Waals surface area contributed by atoms with Gasteiger partial charge in [-0.3, -0.25) is 9.78 Å². The third kappa shape index (κ3) is 3.33. The van der Waals surface area contributed by atoms with Crippen molar-refractivity contribution in [1.29, 1.82) is 0 Å². The Balaban J connectivity index is 1.64. The Morgan fingerprint density at radius 3 is 2.79 bits per heavy atom. The monoisotopic (exact) mass is 371 g/mol. The van der Waals surface area contributed by atoms with E-state index in [1.54, 1.807) is 18.5 Å². The molecule has 1 aromatic carbocycles. The first-order valence-electron chi connectivity index (χ1n) is 8.62. The smallest absolute Gasteiger partial charge is 0.309 e. The average molecular weight is 371 g/mol. The van der Waals surface area contributed by atoms with Crippen LogP contribution in [0.25, 0.3) is 22.4 Å². The van der Waals surface area contributed by atoms with E-state index in [9.17, 15) is 4.79 Å². The predicted octanol–water partition coefficient (Wildman–Crippen LogP) is 3.54. The Kier molecular flexibility index (Phi) is 4.55. The molecule has 28 heavy (non-hydrogen) atoms. The van der Waals surface area contributed by atoms with E-state index in [1.165, 1.54) is 6.21 Å². The molecule has 3 aromatic heterocycles. The van der Waals surface area contributed by atoms with Gasteiger partial charge in [0.2, 0.25) is 11.5 Å². The number of hydrogen-bond donors (Lipinski definition) is 2. The number of amides is 1. The van der Waals surface area contributed by atoms with E-state index in [0.717, 1.165) is 22.4 Å². The van der Waals surface area contributed by atoms with Crippen molar-refractivity contribution >= 4 is 28.9 Å². The van der Waals surface area contributed by atoms with Crippen molar-refractivity contribution in [1.82, 2.24) is 15.4 Å². The second-order valence-corrected chi connectivity index (χ2v) is 6.20. The Morgan fingerprint density at radius 1 is 1.21 bits per heavy atom.